The van der Waals surface area contributed by atoms with Crippen molar-refractivity contribution in [1.82, 2.24) is 19.6 Å². The van der Waals surface area contributed by atoms with Gasteiger partial charge in [-0.25, -0.2) is 18.9 Å². The second-order valence-electron chi connectivity index (χ2n) is 7.15. The third kappa shape index (κ3) is 4.70. The summed E-state index contributed by atoms with van der Waals surface area (Å²) in [7, 11) is 0. The van der Waals surface area contributed by atoms with Crippen LogP contribution in [0.2, 0.25) is 0 Å². The van der Waals surface area contributed by atoms with Crippen molar-refractivity contribution in [2.75, 3.05) is 11.9 Å². The molecular weight excluding hydrogens is 395 g/mol. The number of nitrogens with one attached hydrogen (secondary N) is 1. The summed E-state index contributed by atoms with van der Waals surface area (Å²) in [5.41, 5.74) is 8.94. The predicted molar refractivity (Wildman–Crippen MR) is 118 cm³/mol. The van der Waals surface area contributed by atoms with E-state index in [-0.39, 0.29) is 17.9 Å². The van der Waals surface area contributed by atoms with Crippen LogP contribution in [0.4, 0.5) is 10.2 Å². The van der Waals surface area contributed by atoms with Gasteiger partial charge < -0.3 is 15.8 Å². The Bertz CT molecular complexity index is 1190. The van der Waals surface area contributed by atoms with E-state index in [1.807, 2.05) is 31.2 Å². The number of hydrogen-bond donors (Lipinski definition) is 2. The normalized spacial score (nSPS) is 13.0. The zero-order valence-corrected chi connectivity index (χ0v) is 17.1. The van der Waals surface area contributed by atoms with Gasteiger partial charge in [0.15, 0.2) is 5.65 Å². The van der Waals surface area contributed by atoms with E-state index < -0.39 is 0 Å². The fraction of sp³-hybridized carbons (Fsp3) is 0.174. The Morgan fingerprint density at radius 2 is 2.06 bits per heavy atom. The first-order chi connectivity index (χ1) is 15.0. The largest absolute Gasteiger partial charge is 0.476 e. The maximum absolute atomic E-state index is 13.5. The number of rotatable bonds is 8. The van der Waals surface area contributed by atoms with E-state index in [9.17, 15) is 4.39 Å². The molecule has 4 aromatic rings. The number of aromatic nitrogens is 4. The van der Waals surface area contributed by atoms with Crippen LogP contribution in [0.25, 0.3) is 16.9 Å². The Hall–Kier alpha value is -3.78. The van der Waals surface area contributed by atoms with Gasteiger partial charge in [0.05, 0.1) is 24.0 Å². The lowest BCUT2D eigenvalue weighted by molar-refractivity contribution is 0.295. The Labute approximate surface area is 179 Å². The summed E-state index contributed by atoms with van der Waals surface area (Å²) >= 11 is 0. The summed E-state index contributed by atoms with van der Waals surface area (Å²) in [5, 5.41) is 7.96. The third-order valence-electron chi connectivity index (χ3n) is 4.83. The summed E-state index contributed by atoms with van der Waals surface area (Å²) in [6.07, 6.45) is 5.07. The molecule has 0 spiro atoms. The summed E-state index contributed by atoms with van der Waals surface area (Å²) in [5.74, 6) is 0.863. The summed E-state index contributed by atoms with van der Waals surface area (Å²) in [6.45, 7) is 5.90. The minimum Gasteiger partial charge on any atom is -0.476 e. The van der Waals surface area contributed by atoms with Crippen molar-refractivity contribution in [3.63, 3.8) is 0 Å². The Kier molecular flexibility index (Phi) is 5.90. The molecule has 3 N–H and O–H groups in total. The van der Waals surface area contributed by atoms with Crippen molar-refractivity contribution < 1.29 is 9.13 Å². The van der Waals surface area contributed by atoms with E-state index in [0.29, 0.717) is 24.0 Å². The van der Waals surface area contributed by atoms with Crippen molar-refractivity contribution in [1.29, 1.82) is 0 Å². The number of pyridine rings is 1. The van der Waals surface area contributed by atoms with Crippen LogP contribution in [-0.2, 0) is 0 Å². The van der Waals surface area contributed by atoms with Crippen LogP contribution < -0.4 is 15.8 Å². The number of ether oxygens (including phenoxy) is 1. The molecule has 8 heteroatoms. The lowest BCUT2D eigenvalue weighted by Gasteiger charge is -2.15. The zero-order chi connectivity index (χ0) is 21.8. The van der Waals surface area contributed by atoms with Gasteiger partial charge in [-0.3, -0.25) is 0 Å². The first-order valence-corrected chi connectivity index (χ1v) is 9.87. The van der Waals surface area contributed by atoms with Gasteiger partial charge in [0.2, 0.25) is 5.88 Å². The highest BCUT2D eigenvalue weighted by Crippen LogP contribution is 2.23. The van der Waals surface area contributed by atoms with Gasteiger partial charge >= 0.3 is 0 Å². The number of nitrogens with zero attached hydrogens (tertiary/aromatic N) is 4. The van der Waals surface area contributed by atoms with Crippen LogP contribution >= 0.6 is 0 Å². The average molecular weight is 418 g/mol. The van der Waals surface area contributed by atoms with Crippen molar-refractivity contribution in [2.24, 2.45) is 5.73 Å². The first kappa shape index (κ1) is 20.5. The number of imidazole rings is 1. The van der Waals surface area contributed by atoms with E-state index >= 15 is 0 Å². The smallest absolute Gasteiger partial charge is 0.213 e. The van der Waals surface area contributed by atoms with Crippen molar-refractivity contribution in [3.05, 3.63) is 85.0 Å². The van der Waals surface area contributed by atoms with Gasteiger partial charge in [0.25, 0.3) is 0 Å². The Morgan fingerprint density at radius 1 is 1.19 bits per heavy atom. The van der Waals surface area contributed by atoms with Gasteiger partial charge in [-0.05, 0) is 42.8 Å². The highest BCUT2D eigenvalue weighted by Gasteiger charge is 2.12. The van der Waals surface area contributed by atoms with Gasteiger partial charge in [-0.15, -0.1) is 11.7 Å². The molecule has 3 heterocycles. The van der Waals surface area contributed by atoms with E-state index in [1.54, 1.807) is 35.1 Å². The van der Waals surface area contributed by atoms with Gasteiger partial charge in [0, 0.05) is 17.8 Å². The molecule has 0 aliphatic heterocycles. The molecule has 0 bridgehead atoms. The van der Waals surface area contributed by atoms with Crippen LogP contribution in [0.15, 0.2) is 73.6 Å². The zero-order valence-electron chi connectivity index (χ0n) is 17.1. The molecule has 158 valence electrons. The lowest BCUT2D eigenvalue weighted by atomic mass is 10.1. The second kappa shape index (κ2) is 8.93. The molecule has 0 fully saturated rings. The minimum atomic E-state index is -0.266. The Balaban J connectivity index is 1.55. The Morgan fingerprint density at radius 3 is 2.81 bits per heavy atom. The molecule has 4 rings (SSSR count). The van der Waals surface area contributed by atoms with Crippen LogP contribution in [0.1, 0.15) is 18.5 Å². The standard InChI is InChI=1S/C23H23FN6O/c1-3-19(25)14-31-23-10-7-17(12-27-23)20-13-26-22-9-8-21(29-30(20)22)28-15(2)16-5-4-6-18(24)11-16/h3-13,15,19H,1,14,25H2,2H3,(H,28,29)/t15-,19+/m1/s1. The summed E-state index contributed by atoms with van der Waals surface area (Å²) < 4.78 is 20.8. The number of nitrogens with two attached hydrogens (primary N) is 1. The molecule has 0 radical (unpaired) electrons. The fourth-order valence-corrected chi connectivity index (χ4v) is 3.10. The maximum Gasteiger partial charge on any atom is 0.213 e. The maximum atomic E-state index is 13.5. The minimum absolute atomic E-state index is 0.118. The molecule has 7 nitrogen and oxygen atoms in total. The molecule has 0 unspecified atom stereocenters. The predicted octanol–water partition coefficient (Wildman–Crippen LogP) is 4.00. The average Bonchev–Trinajstić information content (AvgIpc) is 3.21. The molecule has 2 atom stereocenters. The van der Waals surface area contributed by atoms with Crippen LogP contribution in [0, 0.1) is 5.82 Å². The molecule has 0 saturated carbocycles. The molecule has 31 heavy (non-hydrogen) atoms. The number of hydrogen-bond acceptors (Lipinski definition) is 6. The van der Waals surface area contributed by atoms with E-state index in [1.165, 1.54) is 12.1 Å². The quantitative estimate of drug-likeness (QED) is 0.421. The molecular formula is C23H23FN6O. The second-order valence-corrected chi connectivity index (χ2v) is 7.15. The van der Waals surface area contributed by atoms with Gasteiger partial charge in [-0.1, -0.05) is 18.2 Å². The number of benzene rings is 1. The highest BCUT2D eigenvalue weighted by molar-refractivity contribution is 5.63. The number of halogens is 1. The van der Waals surface area contributed by atoms with E-state index in [0.717, 1.165) is 16.8 Å². The van der Waals surface area contributed by atoms with E-state index in [4.69, 9.17) is 10.5 Å². The lowest BCUT2D eigenvalue weighted by Crippen LogP contribution is -2.25. The fourth-order valence-electron chi connectivity index (χ4n) is 3.10. The van der Waals surface area contributed by atoms with Crippen molar-refractivity contribution >= 4 is 11.5 Å². The van der Waals surface area contributed by atoms with Crippen LogP contribution in [0.3, 0.4) is 0 Å². The monoisotopic (exact) mass is 418 g/mol. The van der Waals surface area contributed by atoms with Gasteiger partial charge in [-0.2, -0.15) is 0 Å². The van der Waals surface area contributed by atoms with Crippen molar-refractivity contribution in [2.45, 2.75) is 19.0 Å². The number of fused-ring (bicyclic) bond motifs is 1. The first-order valence-electron chi connectivity index (χ1n) is 9.87. The van der Waals surface area contributed by atoms with E-state index in [2.05, 4.69) is 27.0 Å². The van der Waals surface area contributed by atoms with Gasteiger partial charge in [0.1, 0.15) is 18.2 Å². The summed E-state index contributed by atoms with van der Waals surface area (Å²) in [6, 6.07) is 13.5. The topological polar surface area (TPSA) is 90.4 Å². The highest BCUT2D eigenvalue weighted by atomic mass is 19.1. The van der Waals surface area contributed by atoms with Crippen molar-refractivity contribution in [3.8, 4) is 17.1 Å². The summed E-state index contributed by atoms with van der Waals surface area (Å²) in [4.78, 5) is 8.75. The third-order valence-corrected chi connectivity index (χ3v) is 4.83. The molecule has 0 saturated heterocycles. The molecule has 3 aromatic heterocycles. The molecule has 0 amide bonds. The SMILES string of the molecule is C=C[C@H](N)COc1ccc(-c2cnc3ccc(N[C@H](C)c4cccc(F)c4)nn23)cn1. The molecule has 1 aromatic carbocycles. The van der Waals surface area contributed by atoms with Crippen LogP contribution in [0.5, 0.6) is 5.88 Å². The molecule has 0 aliphatic rings. The number of anilines is 1. The molecule has 0 aliphatic carbocycles. The van der Waals surface area contributed by atoms with Crippen LogP contribution in [-0.4, -0.2) is 32.2 Å².